The fourth-order valence-electron chi connectivity index (χ4n) is 1.52. The number of aromatic nitrogens is 4. The predicted molar refractivity (Wildman–Crippen MR) is 79.1 cm³/mol. The van der Waals surface area contributed by atoms with Crippen molar-refractivity contribution < 1.29 is 0 Å². The van der Waals surface area contributed by atoms with Crippen molar-refractivity contribution in [2.24, 2.45) is 0 Å². The number of rotatable bonds is 5. The summed E-state index contributed by atoms with van der Waals surface area (Å²) in [5.41, 5.74) is 1.07. The van der Waals surface area contributed by atoms with E-state index in [-0.39, 0.29) is 0 Å². The molecule has 0 aliphatic rings. The lowest BCUT2D eigenvalue weighted by Gasteiger charge is -2.11. The summed E-state index contributed by atoms with van der Waals surface area (Å²) < 4.78 is 5.10. The van der Waals surface area contributed by atoms with Gasteiger partial charge in [-0.05, 0) is 50.5 Å². The van der Waals surface area contributed by atoms with Crippen LogP contribution < -0.4 is 5.32 Å². The highest BCUT2D eigenvalue weighted by Crippen LogP contribution is 2.32. The molecule has 0 saturated carbocycles. The summed E-state index contributed by atoms with van der Waals surface area (Å²) in [6, 6.07) is 0. The molecule has 0 spiro atoms. The van der Waals surface area contributed by atoms with Crippen molar-refractivity contribution in [3.63, 3.8) is 0 Å². The molecule has 0 aliphatic heterocycles. The smallest absolute Gasteiger partial charge is 0.176 e. The molecule has 0 aliphatic carbocycles. The van der Waals surface area contributed by atoms with Crippen LogP contribution in [-0.2, 0) is 0 Å². The Balaban J connectivity index is 2.26. The molecule has 2 heterocycles. The van der Waals surface area contributed by atoms with E-state index < -0.39 is 0 Å². The number of anilines is 1. The molecule has 0 radical (unpaired) electrons. The third-order valence-corrected chi connectivity index (χ3v) is 4.38. The quantitative estimate of drug-likeness (QED) is 0.854. The molecule has 0 bridgehead atoms. The SMILES string of the molecule is CCCNc1nc(C)nc(Sc2nc(C)ns2)c1C. The van der Waals surface area contributed by atoms with Crippen LogP contribution in [0.1, 0.15) is 30.6 Å². The molecule has 102 valence electrons. The van der Waals surface area contributed by atoms with E-state index in [1.165, 1.54) is 11.5 Å². The molecule has 0 fully saturated rings. The molecule has 0 saturated heterocycles. The Morgan fingerprint density at radius 1 is 1.11 bits per heavy atom. The summed E-state index contributed by atoms with van der Waals surface area (Å²) in [6.07, 6.45) is 1.07. The zero-order chi connectivity index (χ0) is 13.8. The molecular formula is C12H17N5S2. The van der Waals surface area contributed by atoms with E-state index >= 15 is 0 Å². The van der Waals surface area contributed by atoms with Gasteiger partial charge >= 0.3 is 0 Å². The molecule has 2 rings (SSSR count). The highest BCUT2D eigenvalue weighted by Gasteiger charge is 2.12. The molecule has 1 N–H and O–H groups in total. The maximum Gasteiger partial charge on any atom is 0.176 e. The van der Waals surface area contributed by atoms with E-state index in [2.05, 4.69) is 31.6 Å². The fourth-order valence-corrected chi connectivity index (χ4v) is 3.21. The Morgan fingerprint density at radius 3 is 2.53 bits per heavy atom. The van der Waals surface area contributed by atoms with Gasteiger partial charge in [0, 0.05) is 12.1 Å². The minimum atomic E-state index is 0.771. The second kappa shape index (κ2) is 6.29. The monoisotopic (exact) mass is 295 g/mol. The van der Waals surface area contributed by atoms with Crippen molar-refractivity contribution >= 4 is 29.1 Å². The van der Waals surface area contributed by atoms with Crippen molar-refractivity contribution in [2.45, 2.75) is 43.5 Å². The van der Waals surface area contributed by atoms with E-state index in [0.717, 1.165) is 45.4 Å². The highest BCUT2D eigenvalue weighted by molar-refractivity contribution is 8.00. The molecule has 0 aromatic carbocycles. The van der Waals surface area contributed by atoms with Gasteiger partial charge in [0.05, 0.1) is 0 Å². The van der Waals surface area contributed by atoms with Gasteiger partial charge in [-0.25, -0.2) is 15.0 Å². The lowest BCUT2D eigenvalue weighted by Crippen LogP contribution is -2.07. The standard InChI is InChI=1S/C12H17N5S2/c1-5-6-13-10-7(2)11(15-8(3)14-10)18-12-16-9(4)17-19-12/h5-6H2,1-4H3,(H,13,14,15). The first-order valence-electron chi connectivity index (χ1n) is 6.17. The van der Waals surface area contributed by atoms with Crippen molar-refractivity contribution in [1.29, 1.82) is 0 Å². The molecule has 19 heavy (non-hydrogen) atoms. The van der Waals surface area contributed by atoms with E-state index in [1.807, 2.05) is 20.8 Å². The summed E-state index contributed by atoms with van der Waals surface area (Å²) in [6.45, 7) is 8.89. The summed E-state index contributed by atoms with van der Waals surface area (Å²) in [5, 5.41) is 4.28. The molecule has 0 unspecified atom stereocenters. The van der Waals surface area contributed by atoms with Crippen LogP contribution >= 0.6 is 23.3 Å². The number of hydrogen-bond donors (Lipinski definition) is 1. The second-order valence-corrected chi connectivity index (χ2v) is 6.17. The first kappa shape index (κ1) is 14.2. The molecular weight excluding hydrogens is 278 g/mol. The summed E-state index contributed by atoms with van der Waals surface area (Å²) in [5.74, 6) is 2.49. The molecule has 0 atom stereocenters. The van der Waals surface area contributed by atoms with Crippen molar-refractivity contribution in [3.8, 4) is 0 Å². The lowest BCUT2D eigenvalue weighted by atomic mass is 10.3. The molecule has 7 heteroatoms. The minimum absolute atomic E-state index is 0.771. The molecule has 2 aromatic heterocycles. The van der Waals surface area contributed by atoms with Crippen LogP contribution in [0, 0.1) is 20.8 Å². The first-order valence-corrected chi connectivity index (χ1v) is 7.76. The largest absolute Gasteiger partial charge is 0.370 e. The van der Waals surface area contributed by atoms with Gasteiger partial charge in [-0.1, -0.05) is 6.92 Å². The summed E-state index contributed by atoms with van der Waals surface area (Å²) in [4.78, 5) is 13.3. The van der Waals surface area contributed by atoms with E-state index in [1.54, 1.807) is 11.8 Å². The minimum Gasteiger partial charge on any atom is -0.370 e. The Morgan fingerprint density at radius 2 is 1.89 bits per heavy atom. The average Bonchev–Trinajstić information content (AvgIpc) is 2.77. The predicted octanol–water partition coefficient (Wildman–Crippen LogP) is 3.23. The van der Waals surface area contributed by atoms with Gasteiger partial charge in [-0.15, -0.1) is 0 Å². The number of nitrogens with one attached hydrogen (secondary N) is 1. The Kier molecular flexibility index (Phi) is 4.71. The first-order chi connectivity index (χ1) is 9.10. The Labute approximate surface area is 121 Å². The van der Waals surface area contributed by atoms with E-state index in [9.17, 15) is 0 Å². The van der Waals surface area contributed by atoms with Gasteiger partial charge in [-0.2, -0.15) is 4.37 Å². The topological polar surface area (TPSA) is 63.6 Å². The van der Waals surface area contributed by atoms with Gasteiger partial charge in [0.1, 0.15) is 22.5 Å². The Bertz CT molecular complexity index is 567. The number of hydrogen-bond acceptors (Lipinski definition) is 7. The summed E-state index contributed by atoms with van der Waals surface area (Å²) >= 11 is 2.95. The fraction of sp³-hybridized carbons (Fsp3) is 0.500. The molecule has 0 amide bonds. The van der Waals surface area contributed by atoms with E-state index in [4.69, 9.17) is 0 Å². The van der Waals surface area contributed by atoms with Crippen LogP contribution in [0.25, 0.3) is 0 Å². The second-order valence-electron chi connectivity index (χ2n) is 4.19. The van der Waals surface area contributed by atoms with Gasteiger partial charge in [0.2, 0.25) is 0 Å². The highest BCUT2D eigenvalue weighted by atomic mass is 32.2. The maximum absolute atomic E-state index is 4.50. The van der Waals surface area contributed by atoms with Crippen LogP contribution in [0.2, 0.25) is 0 Å². The normalized spacial score (nSPS) is 10.7. The zero-order valence-electron chi connectivity index (χ0n) is 11.5. The van der Waals surface area contributed by atoms with Gasteiger partial charge in [0.25, 0.3) is 0 Å². The number of nitrogens with zero attached hydrogens (tertiary/aromatic N) is 4. The molecule has 5 nitrogen and oxygen atoms in total. The van der Waals surface area contributed by atoms with Crippen molar-refractivity contribution in [3.05, 3.63) is 17.2 Å². The van der Waals surface area contributed by atoms with Crippen LogP contribution in [0.3, 0.4) is 0 Å². The Hall–Kier alpha value is -1.21. The van der Waals surface area contributed by atoms with Gasteiger partial charge < -0.3 is 5.32 Å². The van der Waals surface area contributed by atoms with Gasteiger partial charge in [0.15, 0.2) is 4.34 Å². The van der Waals surface area contributed by atoms with Crippen molar-refractivity contribution in [1.82, 2.24) is 19.3 Å². The maximum atomic E-state index is 4.50. The zero-order valence-corrected chi connectivity index (χ0v) is 13.2. The lowest BCUT2D eigenvalue weighted by molar-refractivity contribution is 0.908. The van der Waals surface area contributed by atoms with Crippen LogP contribution in [-0.4, -0.2) is 25.9 Å². The number of aryl methyl sites for hydroxylation is 2. The third-order valence-electron chi connectivity index (χ3n) is 2.45. The van der Waals surface area contributed by atoms with Crippen LogP contribution in [0.4, 0.5) is 5.82 Å². The van der Waals surface area contributed by atoms with Crippen LogP contribution in [0.15, 0.2) is 9.37 Å². The summed E-state index contributed by atoms with van der Waals surface area (Å²) in [7, 11) is 0. The van der Waals surface area contributed by atoms with Gasteiger partial charge in [-0.3, -0.25) is 0 Å². The van der Waals surface area contributed by atoms with E-state index in [0.29, 0.717) is 0 Å². The van der Waals surface area contributed by atoms with Crippen molar-refractivity contribution in [2.75, 3.05) is 11.9 Å². The van der Waals surface area contributed by atoms with Crippen LogP contribution in [0.5, 0.6) is 0 Å². The molecule has 2 aromatic rings. The average molecular weight is 295 g/mol. The third kappa shape index (κ3) is 3.63.